The first kappa shape index (κ1) is 10.5. The molecule has 0 atom stereocenters. The summed E-state index contributed by atoms with van der Waals surface area (Å²) < 4.78 is 0. The molecule has 2 nitrogen and oxygen atoms in total. The Kier molecular flexibility index (Phi) is 11.5. The first-order valence-electron chi connectivity index (χ1n) is 1.78. The Morgan fingerprint density at radius 1 is 1.50 bits per heavy atom. The van der Waals surface area contributed by atoms with Crippen LogP contribution in [-0.2, 0) is 0 Å². The summed E-state index contributed by atoms with van der Waals surface area (Å²) in [6.07, 6.45) is 0.745. The van der Waals surface area contributed by atoms with E-state index in [1.54, 1.807) is 0 Å². The van der Waals surface area contributed by atoms with Gasteiger partial charge in [0.15, 0.2) is 0 Å². The van der Waals surface area contributed by atoms with Crippen LogP contribution in [0.25, 0.3) is 0 Å². The molecule has 0 spiro atoms. The SMILES string of the molecule is CCC(N)N.[KH]. The average molecular weight is 114 g/mol. The molecule has 0 aromatic carbocycles. The van der Waals surface area contributed by atoms with Gasteiger partial charge in [0.1, 0.15) is 0 Å². The molecule has 0 aliphatic carbocycles. The van der Waals surface area contributed by atoms with Crippen LogP contribution in [0.1, 0.15) is 13.3 Å². The predicted molar refractivity (Wildman–Crippen MR) is 29.6 cm³/mol. The van der Waals surface area contributed by atoms with E-state index in [0.29, 0.717) is 0 Å². The molecule has 0 saturated heterocycles. The fraction of sp³-hybridized carbons (Fsp3) is 1.00. The molecule has 6 heavy (non-hydrogen) atoms. The summed E-state index contributed by atoms with van der Waals surface area (Å²) in [5.41, 5.74) is 10.1. The Labute approximate surface area is 81.1 Å². The third-order valence-corrected chi connectivity index (χ3v) is 0.471. The van der Waals surface area contributed by atoms with Crippen molar-refractivity contribution < 1.29 is 0 Å². The van der Waals surface area contributed by atoms with Crippen molar-refractivity contribution in [2.75, 3.05) is 0 Å². The Morgan fingerprint density at radius 3 is 1.67 bits per heavy atom. The number of nitrogens with two attached hydrogens (primary N) is 2. The maximum atomic E-state index is 5.07. The zero-order valence-corrected chi connectivity index (χ0v) is 3.44. The van der Waals surface area contributed by atoms with Crippen LogP contribution in [0.5, 0.6) is 0 Å². The summed E-state index contributed by atoms with van der Waals surface area (Å²) in [6.45, 7) is 1.95. The van der Waals surface area contributed by atoms with Crippen molar-refractivity contribution in [2.24, 2.45) is 11.5 Å². The van der Waals surface area contributed by atoms with Crippen molar-refractivity contribution in [3.8, 4) is 0 Å². The second-order valence-corrected chi connectivity index (χ2v) is 1.07. The minimum absolute atomic E-state index is 0. The number of hydrogen-bond acceptors (Lipinski definition) is 2. The fourth-order valence-electron chi connectivity index (χ4n) is 0. The van der Waals surface area contributed by atoms with Gasteiger partial charge in [0, 0.05) is 0 Å². The van der Waals surface area contributed by atoms with E-state index in [4.69, 9.17) is 11.5 Å². The van der Waals surface area contributed by atoms with Crippen molar-refractivity contribution in [2.45, 2.75) is 19.5 Å². The van der Waals surface area contributed by atoms with Gasteiger partial charge < -0.3 is 11.5 Å². The molecule has 0 aliphatic heterocycles. The molecule has 0 aromatic rings. The van der Waals surface area contributed by atoms with Crippen molar-refractivity contribution in [1.29, 1.82) is 0 Å². The van der Waals surface area contributed by atoms with Gasteiger partial charge in [-0.25, -0.2) is 0 Å². The van der Waals surface area contributed by atoms with Gasteiger partial charge in [-0.1, -0.05) is 6.92 Å². The van der Waals surface area contributed by atoms with Gasteiger partial charge in [-0.3, -0.25) is 0 Å². The molecule has 0 rings (SSSR count). The molecule has 0 saturated carbocycles. The molecule has 0 aliphatic rings. The third kappa shape index (κ3) is 9.12. The monoisotopic (exact) mass is 114 g/mol. The summed E-state index contributed by atoms with van der Waals surface area (Å²) >= 11 is 0. The van der Waals surface area contributed by atoms with Gasteiger partial charge in [-0.05, 0) is 6.42 Å². The molecular formula is C3H11KN2. The molecule has 0 unspecified atom stereocenters. The van der Waals surface area contributed by atoms with Crippen LogP contribution in [0.4, 0.5) is 0 Å². The van der Waals surface area contributed by atoms with E-state index in [1.165, 1.54) is 0 Å². The minimum atomic E-state index is -0.116. The van der Waals surface area contributed by atoms with Crippen LogP contribution in [0.15, 0.2) is 0 Å². The fourth-order valence-corrected chi connectivity index (χ4v) is 0. The quantitative estimate of drug-likeness (QED) is 0.339. The van der Waals surface area contributed by atoms with Gasteiger partial charge in [0.2, 0.25) is 0 Å². The molecule has 0 heterocycles. The summed E-state index contributed by atoms with van der Waals surface area (Å²) in [5.74, 6) is 0. The van der Waals surface area contributed by atoms with E-state index in [9.17, 15) is 0 Å². The van der Waals surface area contributed by atoms with Crippen LogP contribution >= 0.6 is 0 Å². The zero-order valence-electron chi connectivity index (χ0n) is 3.44. The summed E-state index contributed by atoms with van der Waals surface area (Å²) in [5, 5.41) is 0. The number of hydrogen-bond donors (Lipinski definition) is 2. The molecular weight excluding hydrogens is 103 g/mol. The van der Waals surface area contributed by atoms with E-state index in [2.05, 4.69) is 0 Å². The van der Waals surface area contributed by atoms with Crippen LogP contribution in [0, 0.1) is 0 Å². The Morgan fingerprint density at radius 2 is 1.67 bits per heavy atom. The third-order valence-electron chi connectivity index (χ3n) is 0.471. The summed E-state index contributed by atoms with van der Waals surface area (Å²) in [7, 11) is 0. The molecule has 0 bridgehead atoms. The summed E-state index contributed by atoms with van der Waals surface area (Å²) in [6, 6.07) is 0. The van der Waals surface area contributed by atoms with Crippen molar-refractivity contribution >= 4 is 51.4 Å². The van der Waals surface area contributed by atoms with E-state index in [1.807, 2.05) is 6.92 Å². The van der Waals surface area contributed by atoms with Crippen LogP contribution < -0.4 is 11.5 Å². The van der Waals surface area contributed by atoms with Crippen LogP contribution in [0.3, 0.4) is 0 Å². The maximum absolute atomic E-state index is 5.07. The molecule has 0 radical (unpaired) electrons. The van der Waals surface area contributed by atoms with Gasteiger partial charge in [-0.2, -0.15) is 0 Å². The number of rotatable bonds is 1. The normalized spacial score (nSPS) is 8.00. The molecule has 34 valence electrons. The van der Waals surface area contributed by atoms with Gasteiger partial charge in [-0.15, -0.1) is 0 Å². The van der Waals surface area contributed by atoms with E-state index in [0.717, 1.165) is 6.42 Å². The Hall–Kier alpha value is 1.56. The van der Waals surface area contributed by atoms with Gasteiger partial charge in [0.05, 0.1) is 6.17 Å². The zero-order chi connectivity index (χ0) is 4.28. The van der Waals surface area contributed by atoms with Crippen LogP contribution in [0.2, 0.25) is 0 Å². The van der Waals surface area contributed by atoms with Crippen molar-refractivity contribution in [3.05, 3.63) is 0 Å². The van der Waals surface area contributed by atoms with Crippen molar-refractivity contribution in [3.63, 3.8) is 0 Å². The average Bonchev–Trinajstić information content (AvgIpc) is 1.38. The second-order valence-electron chi connectivity index (χ2n) is 1.07. The standard InChI is InChI=1S/C3H10N2.K.H/c1-2-3(4)5;;/h3H,2,4-5H2,1H3;;. The molecule has 3 heteroatoms. The van der Waals surface area contributed by atoms with E-state index < -0.39 is 0 Å². The van der Waals surface area contributed by atoms with Gasteiger partial charge in [0.25, 0.3) is 0 Å². The van der Waals surface area contributed by atoms with E-state index >= 15 is 0 Å². The molecule has 0 aromatic heterocycles. The van der Waals surface area contributed by atoms with E-state index in [-0.39, 0.29) is 57.6 Å². The Balaban J connectivity index is 0. The molecule has 0 amide bonds. The summed E-state index contributed by atoms with van der Waals surface area (Å²) in [4.78, 5) is 0. The van der Waals surface area contributed by atoms with Gasteiger partial charge >= 0.3 is 51.4 Å². The second kappa shape index (κ2) is 6.56. The first-order chi connectivity index (χ1) is 2.27. The molecule has 0 fully saturated rings. The first-order valence-corrected chi connectivity index (χ1v) is 1.78. The predicted octanol–water partition coefficient (Wildman–Crippen LogP) is -1.01. The Bertz CT molecular complexity index is 22.8. The molecule has 4 N–H and O–H groups in total. The van der Waals surface area contributed by atoms with Crippen LogP contribution in [-0.4, -0.2) is 57.6 Å². The topological polar surface area (TPSA) is 52.0 Å². The van der Waals surface area contributed by atoms with Crippen molar-refractivity contribution in [1.82, 2.24) is 0 Å².